The van der Waals surface area contributed by atoms with E-state index in [0.717, 1.165) is 0 Å². The number of halogens is 2. The smallest absolute Gasteiger partial charge is 0.272 e. The zero-order valence-corrected chi connectivity index (χ0v) is 12.8. The first kappa shape index (κ1) is 15.9. The number of pyridine rings is 1. The van der Waals surface area contributed by atoms with E-state index in [4.69, 9.17) is 11.6 Å². The molecule has 3 rings (SSSR count). The third-order valence-corrected chi connectivity index (χ3v) is 3.86. The summed E-state index contributed by atoms with van der Waals surface area (Å²) in [6.07, 6.45) is 0.690. The average Bonchev–Trinajstić information content (AvgIpc) is 2.74. The van der Waals surface area contributed by atoms with Crippen molar-refractivity contribution in [1.29, 1.82) is 0 Å². The maximum absolute atomic E-state index is 13.3. The molecule has 3 N–H and O–H groups in total. The van der Waals surface area contributed by atoms with E-state index in [1.807, 2.05) is 0 Å². The van der Waals surface area contributed by atoms with Crippen LogP contribution in [0, 0.1) is 5.95 Å². The SMILES string of the molecule is O=c1[nH]c(-c2ccnc(F)c2)nc(N2CCNCC(O)C2)c1Cl. The predicted molar refractivity (Wildman–Crippen MR) is 84.1 cm³/mol. The Hall–Kier alpha value is -2.03. The van der Waals surface area contributed by atoms with E-state index >= 15 is 0 Å². The van der Waals surface area contributed by atoms with Crippen LogP contribution in [0.2, 0.25) is 5.02 Å². The number of aliphatic hydroxyl groups is 1. The van der Waals surface area contributed by atoms with Crippen molar-refractivity contribution >= 4 is 17.4 Å². The Morgan fingerprint density at radius 2 is 2.30 bits per heavy atom. The molecule has 122 valence electrons. The second kappa shape index (κ2) is 6.61. The Morgan fingerprint density at radius 3 is 3.09 bits per heavy atom. The fraction of sp³-hybridized carbons (Fsp3) is 0.357. The highest BCUT2D eigenvalue weighted by Gasteiger charge is 2.21. The maximum Gasteiger partial charge on any atom is 0.272 e. The second-order valence-electron chi connectivity index (χ2n) is 5.22. The summed E-state index contributed by atoms with van der Waals surface area (Å²) in [5.41, 5.74) is -0.128. The quantitative estimate of drug-likeness (QED) is 0.686. The Balaban J connectivity index is 2.05. The van der Waals surface area contributed by atoms with E-state index < -0.39 is 17.6 Å². The molecule has 1 aliphatic heterocycles. The highest BCUT2D eigenvalue weighted by Crippen LogP contribution is 2.23. The van der Waals surface area contributed by atoms with Gasteiger partial charge in [-0.25, -0.2) is 9.97 Å². The first-order valence-corrected chi connectivity index (χ1v) is 7.48. The largest absolute Gasteiger partial charge is 0.390 e. The standard InChI is InChI=1S/C14H15ClFN5O2/c15-11-13(21-4-3-17-6-9(22)7-21)19-12(20-14(11)23)8-1-2-18-10(16)5-8/h1-2,5,9,17,22H,3-4,6-7H2,(H,19,20,23). The lowest BCUT2D eigenvalue weighted by atomic mass is 10.2. The van der Waals surface area contributed by atoms with Gasteiger partial charge in [-0.15, -0.1) is 0 Å². The molecule has 1 atom stereocenters. The number of aliphatic hydroxyl groups excluding tert-OH is 1. The normalized spacial score (nSPS) is 18.7. The number of hydrogen-bond donors (Lipinski definition) is 3. The van der Waals surface area contributed by atoms with Gasteiger partial charge in [-0.05, 0) is 6.07 Å². The summed E-state index contributed by atoms with van der Waals surface area (Å²) in [4.78, 5) is 24.2. The zero-order chi connectivity index (χ0) is 16.4. The highest BCUT2D eigenvalue weighted by atomic mass is 35.5. The van der Waals surface area contributed by atoms with Crippen molar-refractivity contribution in [2.75, 3.05) is 31.1 Å². The molecule has 0 aliphatic carbocycles. The average molecular weight is 340 g/mol. The third kappa shape index (κ3) is 3.49. The van der Waals surface area contributed by atoms with Crippen LogP contribution >= 0.6 is 11.6 Å². The Kier molecular flexibility index (Phi) is 4.56. The van der Waals surface area contributed by atoms with E-state index in [2.05, 4.69) is 20.3 Å². The summed E-state index contributed by atoms with van der Waals surface area (Å²) in [7, 11) is 0. The number of hydrogen-bond acceptors (Lipinski definition) is 6. The van der Waals surface area contributed by atoms with Crippen molar-refractivity contribution in [1.82, 2.24) is 20.3 Å². The molecule has 3 heterocycles. The van der Waals surface area contributed by atoms with Crippen LogP contribution in [0.25, 0.3) is 11.4 Å². The van der Waals surface area contributed by atoms with Crippen molar-refractivity contribution < 1.29 is 9.50 Å². The lowest BCUT2D eigenvalue weighted by Crippen LogP contribution is -2.34. The molecule has 1 unspecified atom stereocenters. The van der Waals surface area contributed by atoms with Crippen LogP contribution in [0.4, 0.5) is 10.2 Å². The molecule has 1 fully saturated rings. The Morgan fingerprint density at radius 1 is 1.48 bits per heavy atom. The van der Waals surface area contributed by atoms with Gasteiger partial charge in [0.15, 0.2) is 5.82 Å². The van der Waals surface area contributed by atoms with Gasteiger partial charge in [0.1, 0.15) is 10.8 Å². The number of H-pyrrole nitrogens is 1. The molecule has 9 heteroatoms. The van der Waals surface area contributed by atoms with E-state index in [1.165, 1.54) is 18.3 Å². The van der Waals surface area contributed by atoms with Crippen LogP contribution in [0.15, 0.2) is 23.1 Å². The number of anilines is 1. The molecule has 0 amide bonds. The summed E-state index contributed by atoms with van der Waals surface area (Å²) < 4.78 is 13.3. The molecular weight excluding hydrogens is 325 g/mol. The van der Waals surface area contributed by atoms with Gasteiger partial charge in [0.2, 0.25) is 5.95 Å². The van der Waals surface area contributed by atoms with Gasteiger partial charge in [0.25, 0.3) is 5.56 Å². The molecule has 0 spiro atoms. The molecule has 2 aromatic heterocycles. The minimum Gasteiger partial charge on any atom is -0.390 e. The van der Waals surface area contributed by atoms with E-state index in [0.29, 0.717) is 31.7 Å². The Labute approximate surface area is 136 Å². The number of β-amino-alcohol motifs (C(OH)–C–C–N with tert-alkyl or cyclic N) is 1. The van der Waals surface area contributed by atoms with Gasteiger partial charge < -0.3 is 20.3 Å². The molecular formula is C14H15ClFN5O2. The van der Waals surface area contributed by atoms with E-state index in [1.54, 1.807) is 4.90 Å². The fourth-order valence-electron chi connectivity index (χ4n) is 2.43. The molecule has 7 nitrogen and oxygen atoms in total. The number of aromatic amines is 1. The van der Waals surface area contributed by atoms with Crippen LogP contribution in [0.5, 0.6) is 0 Å². The monoisotopic (exact) mass is 339 g/mol. The van der Waals surface area contributed by atoms with Gasteiger partial charge in [-0.2, -0.15) is 4.39 Å². The van der Waals surface area contributed by atoms with Crippen LogP contribution in [-0.2, 0) is 0 Å². The van der Waals surface area contributed by atoms with Crippen molar-refractivity contribution in [3.8, 4) is 11.4 Å². The van der Waals surface area contributed by atoms with Crippen molar-refractivity contribution in [3.05, 3.63) is 39.7 Å². The molecule has 0 bridgehead atoms. The van der Waals surface area contributed by atoms with E-state index in [-0.39, 0.29) is 16.7 Å². The topological polar surface area (TPSA) is 94.1 Å². The number of nitrogens with one attached hydrogen (secondary N) is 2. The zero-order valence-electron chi connectivity index (χ0n) is 12.1. The van der Waals surface area contributed by atoms with Crippen molar-refractivity contribution in [3.63, 3.8) is 0 Å². The second-order valence-corrected chi connectivity index (χ2v) is 5.60. The Bertz CT molecular complexity index is 769. The predicted octanol–water partition coefficient (Wildman–Crippen LogP) is 0.395. The van der Waals surface area contributed by atoms with E-state index in [9.17, 15) is 14.3 Å². The molecule has 0 saturated carbocycles. The minimum absolute atomic E-state index is 0.0580. The van der Waals surface area contributed by atoms with Crippen molar-refractivity contribution in [2.45, 2.75) is 6.10 Å². The number of nitrogens with zero attached hydrogens (tertiary/aromatic N) is 3. The molecule has 1 saturated heterocycles. The first-order chi connectivity index (χ1) is 11.0. The molecule has 1 aliphatic rings. The molecule has 0 radical (unpaired) electrons. The number of rotatable bonds is 2. The summed E-state index contributed by atoms with van der Waals surface area (Å²) in [5, 5.41) is 12.9. The molecule has 0 aromatic carbocycles. The summed E-state index contributed by atoms with van der Waals surface area (Å²) in [6.45, 7) is 1.92. The van der Waals surface area contributed by atoms with Gasteiger partial charge in [0.05, 0.1) is 6.10 Å². The van der Waals surface area contributed by atoms with Gasteiger partial charge >= 0.3 is 0 Å². The third-order valence-electron chi connectivity index (χ3n) is 3.51. The van der Waals surface area contributed by atoms with Gasteiger partial charge in [-0.1, -0.05) is 11.6 Å². The highest BCUT2D eigenvalue weighted by molar-refractivity contribution is 6.32. The molecule has 2 aromatic rings. The lowest BCUT2D eigenvalue weighted by Gasteiger charge is -2.23. The van der Waals surface area contributed by atoms with Crippen LogP contribution in [0.3, 0.4) is 0 Å². The summed E-state index contributed by atoms with van der Waals surface area (Å²) in [5.74, 6) is -0.205. The van der Waals surface area contributed by atoms with Crippen LogP contribution < -0.4 is 15.8 Å². The number of aromatic nitrogens is 3. The first-order valence-electron chi connectivity index (χ1n) is 7.10. The van der Waals surface area contributed by atoms with Crippen LogP contribution in [0.1, 0.15) is 0 Å². The maximum atomic E-state index is 13.3. The lowest BCUT2D eigenvalue weighted by molar-refractivity contribution is 0.184. The van der Waals surface area contributed by atoms with Crippen LogP contribution in [-0.4, -0.2) is 52.3 Å². The minimum atomic E-state index is -0.670. The van der Waals surface area contributed by atoms with Gasteiger partial charge in [-0.3, -0.25) is 4.79 Å². The summed E-state index contributed by atoms with van der Waals surface area (Å²) in [6, 6.07) is 2.71. The van der Waals surface area contributed by atoms with Gasteiger partial charge in [0, 0.05) is 44.0 Å². The van der Waals surface area contributed by atoms with Crippen molar-refractivity contribution in [2.24, 2.45) is 0 Å². The summed E-state index contributed by atoms with van der Waals surface area (Å²) >= 11 is 6.08. The molecule has 23 heavy (non-hydrogen) atoms. The fourth-order valence-corrected chi connectivity index (χ4v) is 2.64.